The van der Waals surface area contributed by atoms with Crippen LogP contribution in [-0.4, -0.2) is 61.4 Å². The number of amides is 1. The Kier molecular flexibility index (Phi) is 3.60. The van der Waals surface area contributed by atoms with Crippen LogP contribution in [0, 0.1) is 11.3 Å². The minimum absolute atomic E-state index is 0.162. The van der Waals surface area contributed by atoms with Crippen LogP contribution < -0.4 is 9.47 Å². The fourth-order valence-electron chi connectivity index (χ4n) is 3.81. The molecule has 4 rings (SSSR count). The predicted molar refractivity (Wildman–Crippen MR) is 82.3 cm³/mol. The maximum atomic E-state index is 12.8. The first-order chi connectivity index (χ1) is 11.6. The number of hydrogen-bond acceptors (Lipinski definition) is 5. The standard InChI is InChI=1S/C17H19NO6/c19-15(11-1-2-13-14(7-11)24-6-5-23-13)18-8-12-9-22-4-3-17(12,10-18)16(20)21/h1-2,7,12H,3-6,8-10H2,(H,20,21)/t12-,17+/m1/s1. The third-order valence-corrected chi connectivity index (χ3v) is 5.21. The van der Waals surface area contributed by atoms with E-state index in [0.29, 0.717) is 56.5 Å². The number of aliphatic carboxylic acids is 1. The van der Waals surface area contributed by atoms with Gasteiger partial charge in [0.05, 0.1) is 12.0 Å². The molecule has 0 unspecified atom stereocenters. The van der Waals surface area contributed by atoms with E-state index in [1.54, 1.807) is 23.1 Å². The molecule has 7 heteroatoms. The van der Waals surface area contributed by atoms with Crippen molar-refractivity contribution in [2.24, 2.45) is 11.3 Å². The number of fused-ring (bicyclic) bond motifs is 2. The van der Waals surface area contributed by atoms with E-state index >= 15 is 0 Å². The van der Waals surface area contributed by atoms with Gasteiger partial charge in [-0.1, -0.05) is 0 Å². The summed E-state index contributed by atoms with van der Waals surface area (Å²) in [6, 6.07) is 5.09. The van der Waals surface area contributed by atoms with E-state index in [2.05, 4.69) is 0 Å². The van der Waals surface area contributed by atoms with Crippen molar-refractivity contribution in [2.45, 2.75) is 6.42 Å². The molecule has 0 spiro atoms. The summed E-state index contributed by atoms with van der Waals surface area (Å²) in [6.45, 7) is 2.39. The van der Waals surface area contributed by atoms with Crippen molar-refractivity contribution in [3.8, 4) is 11.5 Å². The second-order valence-electron chi connectivity index (χ2n) is 6.53. The second-order valence-corrected chi connectivity index (χ2v) is 6.53. The molecule has 2 atom stereocenters. The number of carbonyl (C=O) groups excluding carboxylic acids is 1. The van der Waals surface area contributed by atoms with Crippen LogP contribution in [0.15, 0.2) is 18.2 Å². The minimum atomic E-state index is -0.887. The monoisotopic (exact) mass is 333 g/mol. The summed E-state index contributed by atoms with van der Waals surface area (Å²) >= 11 is 0. The van der Waals surface area contributed by atoms with Crippen LogP contribution in [0.4, 0.5) is 0 Å². The Morgan fingerprint density at radius 1 is 1.17 bits per heavy atom. The first-order valence-electron chi connectivity index (χ1n) is 8.10. The van der Waals surface area contributed by atoms with Crippen molar-refractivity contribution in [3.63, 3.8) is 0 Å². The molecule has 0 aromatic heterocycles. The molecule has 2 fully saturated rings. The Morgan fingerprint density at radius 2 is 1.96 bits per heavy atom. The highest BCUT2D eigenvalue weighted by Gasteiger charge is 2.54. The molecule has 7 nitrogen and oxygen atoms in total. The van der Waals surface area contributed by atoms with Crippen LogP contribution in [0.2, 0.25) is 0 Å². The van der Waals surface area contributed by atoms with Gasteiger partial charge < -0.3 is 24.2 Å². The van der Waals surface area contributed by atoms with Gasteiger partial charge in [-0.15, -0.1) is 0 Å². The van der Waals surface area contributed by atoms with Crippen molar-refractivity contribution < 1.29 is 28.9 Å². The molecule has 2 saturated heterocycles. The number of likely N-dealkylation sites (tertiary alicyclic amines) is 1. The van der Waals surface area contributed by atoms with Crippen molar-refractivity contribution in [2.75, 3.05) is 39.5 Å². The summed E-state index contributed by atoms with van der Waals surface area (Å²) in [5.41, 5.74) is -0.402. The Bertz CT molecular complexity index is 690. The zero-order valence-corrected chi connectivity index (χ0v) is 13.2. The van der Waals surface area contributed by atoms with Crippen LogP contribution in [-0.2, 0) is 9.53 Å². The highest BCUT2D eigenvalue weighted by atomic mass is 16.6. The first-order valence-corrected chi connectivity index (χ1v) is 8.10. The maximum absolute atomic E-state index is 12.8. The van der Waals surface area contributed by atoms with E-state index in [4.69, 9.17) is 14.2 Å². The van der Waals surface area contributed by atoms with Crippen molar-refractivity contribution in [1.82, 2.24) is 4.90 Å². The molecule has 3 aliphatic heterocycles. The molecule has 1 N–H and O–H groups in total. The lowest BCUT2D eigenvalue weighted by Gasteiger charge is -2.33. The Morgan fingerprint density at radius 3 is 2.71 bits per heavy atom. The molecule has 1 aromatic rings. The van der Waals surface area contributed by atoms with Gasteiger partial charge in [0.15, 0.2) is 11.5 Å². The molecule has 3 heterocycles. The van der Waals surface area contributed by atoms with Crippen molar-refractivity contribution >= 4 is 11.9 Å². The summed E-state index contributed by atoms with van der Waals surface area (Å²) in [5, 5.41) is 9.70. The summed E-state index contributed by atoms with van der Waals surface area (Å²) in [6.07, 6.45) is 0.442. The SMILES string of the molecule is O=C(c1ccc2c(c1)OCCO2)N1C[C@@H]2COCC[C@]2(C(=O)O)C1. The minimum Gasteiger partial charge on any atom is -0.486 e. The van der Waals surface area contributed by atoms with Gasteiger partial charge in [-0.05, 0) is 24.6 Å². The lowest BCUT2D eigenvalue weighted by molar-refractivity contribution is -0.157. The van der Waals surface area contributed by atoms with Gasteiger partial charge in [0.25, 0.3) is 5.91 Å². The van der Waals surface area contributed by atoms with Gasteiger partial charge in [0.2, 0.25) is 0 Å². The molecule has 0 radical (unpaired) electrons. The normalized spacial score (nSPS) is 28.3. The van der Waals surface area contributed by atoms with E-state index in [-0.39, 0.29) is 18.4 Å². The predicted octanol–water partition coefficient (Wildman–Crippen LogP) is 1.02. The number of carboxylic acids is 1. The molecule has 128 valence electrons. The van der Waals surface area contributed by atoms with Gasteiger partial charge in [-0.3, -0.25) is 9.59 Å². The van der Waals surface area contributed by atoms with E-state index in [9.17, 15) is 14.7 Å². The maximum Gasteiger partial charge on any atom is 0.311 e. The summed E-state index contributed by atoms with van der Waals surface area (Å²) in [5.74, 6) is 0.00322. The third-order valence-electron chi connectivity index (χ3n) is 5.21. The van der Waals surface area contributed by atoms with Gasteiger partial charge in [-0.2, -0.15) is 0 Å². The average Bonchev–Trinajstić information content (AvgIpc) is 3.02. The zero-order chi connectivity index (χ0) is 16.7. The number of rotatable bonds is 2. The molecular weight excluding hydrogens is 314 g/mol. The Hall–Kier alpha value is -2.28. The lowest BCUT2D eigenvalue weighted by atomic mass is 9.74. The van der Waals surface area contributed by atoms with E-state index in [0.717, 1.165) is 0 Å². The lowest BCUT2D eigenvalue weighted by Crippen LogP contribution is -2.45. The molecule has 24 heavy (non-hydrogen) atoms. The summed E-state index contributed by atoms with van der Waals surface area (Å²) in [4.78, 5) is 26.3. The van der Waals surface area contributed by atoms with Gasteiger partial charge in [0, 0.05) is 31.2 Å². The van der Waals surface area contributed by atoms with Crippen LogP contribution in [0.1, 0.15) is 16.8 Å². The van der Waals surface area contributed by atoms with E-state index < -0.39 is 11.4 Å². The Labute approximate surface area is 139 Å². The van der Waals surface area contributed by atoms with Crippen LogP contribution in [0.25, 0.3) is 0 Å². The van der Waals surface area contributed by atoms with Crippen molar-refractivity contribution in [1.29, 1.82) is 0 Å². The quantitative estimate of drug-likeness (QED) is 0.870. The summed E-state index contributed by atoms with van der Waals surface area (Å²) in [7, 11) is 0. The van der Waals surface area contributed by atoms with Gasteiger partial charge in [0.1, 0.15) is 13.2 Å². The van der Waals surface area contributed by atoms with Crippen LogP contribution >= 0.6 is 0 Å². The molecular formula is C17H19NO6. The molecule has 0 saturated carbocycles. The second kappa shape index (κ2) is 5.66. The fraction of sp³-hybridized carbons (Fsp3) is 0.529. The number of carbonyl (C=O) groups is 2. The van der Waals surface area contributed by atoms with E-state index in [1.165, 1.54) is 0 Å². The number of nitrogens with zero attached hydrogens (tertiary/aromatic N) is 1. The van der Waals surface area contributed by atoms with Crippen LogP contribution in [0.5, 0.6) is 11.5 Å². The molecule has 0 bridgehead atoms. The topological polar surface area (TPSA) is 85.3 Å². The summed E-state index contributed by atoms with van der Waals surface area (Å²) < 4.78 is 16.4. The van der Waals surface area contributed by atoms with Gasteiger partial charge in [-0.25, -0.2) is 0 Å². The Balaban J connectivity index is 1.58. The van der Waals surface area contributed by atoms with Crippen molar-refractivity contribution in [3.05, 3.63) is 23.8 Å². The van der Waals surface area contributed by atoms with Crippen LogP contribution in [0.3, 0.4) is 0 Å². The zero-order valence-electron chi connectivity index (χ0n) is 13.2. The molecule has 1 aromatic carbocycles. The number of carboxylic acid groups (broad SMARTS) is 1. The average molecular weight is 333 g/mol. The largest absolute Gasteiger partial charge is 0.486 e. The molecule has 0 aliphatic carbocycles. The number of ether oxygens (including phenoxy) is 3. The fourth-order valence-corrected chi connectivity index (χ4v) is 3.81. The number of benzene rings is 1. The smallest absolute Gasteiger partial charge is 0.311 e. The molecule has 1 amide bonds. The van der Waals surface area contributed by atoms with Gasteiger partial charge >= 0.3 is 5.97 Å². The number of hydrogen-bond donors (Lipinski definition) is 1. The van der Waals surface area contributed by atoms with E-state index in [1.807, 2.05) is 0 Å². The molecule has 3 aliphatic rings. The highest BCUT2D eigenvalue weighted by Crippen LogP contribution is 2.43. The highest BCUT2D eigenvalue weighted by molar-refractivity contribution is 5.96. The third kappa shape index (κ3) is 2.31. The first kappa shape index (κ1) is 15.3.